The summed E-state index contributed by atoms with van der Waals surface area (Å²) in [6, 6.07) is 4.90. The third-order valence-corrected chi connectivity index (χ3v) is 18.7. The van der Waals surface area contributed by atoms with E-state index in [0.29, 0.717) is 51.3 Å². The van der Waals surface area contributed by atoms with Crippen LogP contribution in [0, 0.1) is 11.8 Å². The summed E-state index contributed by atoms with van der Waals surface area (Å²) < 4.78 is 0. The maximum Gasteiger partial charge on any atom is 0.245 e. The highest BCUT2D eigenvalue weighted by Gasteiger charge is 2.38. The lowest BCUT2D eigenvalue weighted by Crippen LogP contribution is -2.62. The average Bonchev–Trinajstić information content (AvgIpc) is 1.64. The summed E-state index contributed by atoms with van der Waals surface area (Å²) in [4.78, 5) is 199. The van der Waals surface area contributed by atoms with Gasteiger partial charge in [-0.15, -0.1) is 0 Å². The first-order valence-corrected chi connectivity index (χ1v) is 36.8. The Hall–Kier alpha value is -11.1. The standard InChI is InChI=1S/C74H109N19O17/c1-6-40(3)22-27-60(98)85-57(34-59(78)97)71(107)89-54(31-43-23-25-46(96)26-24-43)69(105)91-55(32-44-35-80-49-17-10-8-15-47(44)49)70(106)88-53(21-14-30-77)68(104)87-51(19-12-28-75)66(102)82-37-61(99)84-52(20-13-29-76)67(103)90-56(33-45-36-81-50-18-11-9-16-48(45)50)72(108)93-64(42(5)95)74(110)92-63(41(4)7-2)73(109)83-38-62(100)86-58(39-94)65(79)101/h8-11,15-18,23-26,35-36,40-42,51-58,63-64,80-81,94-96H,6-7,12-14,19-22,27-34,37-39,75-77H2,1-5H3,(H2,78,97)(H2,79,101)(H,82,102)(H,83,109)(H,84,99)(H,85,98)(H,86,100)(H,87,104)(H,88,106)(H,89,107)(H,90,103)(H,91,105)(H,92,110)(H,93,108)/t40?,41-,42+,51-,52+,53+,54+,55+,56-,57+,58-,63-,64-/m0/s1. The van der Waals surface area contributed by atoms with Crippen LogP contribution in [-0.2, 0) is 86.4 Å². The minimum absolute atomic E-state index is 0.0263. The Morgan fingerprint density at radius 2 is 0.845 bits per heavy atom. The number of carbonyl (C=O) groups excluding carboxylic acids is 14. The van der Waals surface area contributed by atoms with Crippen molar-refractivity contribution < 1.29 is 82.4 Å². The molecule has 0 bridgehead atoms. The van der Waals surface area contributed by atoms with Crippen molar-refractivity contribution >= 4 is 105 Å². The maximum atomic E-state index is 14.9. The molecule has 36 nitrogen and oxygen atoms in total. The number of para-hydroxylation sites is 2. The van der Waals surface area contributed by atoms with Crippen LogP contribution in [0.3, 0.4) is 0 Å². The summed E-state index contributed by atoms with van der Waals surface area (Å²) in [5, 5.41) is 62.4. The Bertz CT molecular complexity index is 3940. The number of aromatic amines is 2. The van der Waals surface area contributed by atoms with E-state index < -0.39 is 181 Å². The molecule has 5 rings (SSSR count). The highest BCUT2D eigenvalue weighted by atomic mass is 16.3. The molecule has 27 N–H and O–H groups in total. The predicted molar refractivity (Wildman–Crippen MR) is 406 cm³/mol. The van der Waals surface area contributed by atoms with Gasteiger partial charge < -0.3 is 118 Å². The van der Waals surface area contributed by atoms with Crippen LogP contribution in [0.15, 0.2) is 85.2 Å². The lowest BCUT2D eigenvalue weighted by atomic mass is 9.97. The molecule has 2 aromatic heterocycles. The van der Waals surface area contributed by atoms with E-state index in [4.69, 9.17) is 28.7 Å². The molecule has 0 aliphatic rings. The van der Waals surface area contributed by atoms with Gasteiger partial charge in [-0.2, -0.15) is 0 Å². The largest absolute Gasteiger partial charge is 0.508 e. The van der Waals surface area contributed by atoms with Crippen molar-refractivity contribution in [3.05, 3.63) is 102 Å². The lowest BCUT2D eigenvalue weighted by Gasteiger charge is -2.29. The molecular weight excluding hydrogens is 1430 g/mol. The zero-order chi connectivity index (χ0) is 81.1. The van der Waals surface area contributed by atoms with Gasteiger partial charge in [0.2, 0.25) is 82.7 Å². The van der Waals surface area contributed by atoms with Gasteiger partial charge in [0.15, 0.2) is 0 Å². The Labute approximate surface area is 636 Å². The molecule has 1 unspecified atom stereocenters. The molecular formula is C74H109N19O17. The van der Waals surface area contributed by atoms with Crippen LogP contribution >= 0.6 is 0 Å². The lowest BCUT2D eigenvalue weighted by molar-refractivity contribution is -0.137. The predicted octanol–water partition coefficient (Wildman–Crippen LogP) is -3.71. The highest BCUT2D eigenvalue weighted by Crippen LogP contribution is 2.23. The first-order valence-electron chi connectivity index (χ1n) is 36.8. The number of phenols is 1. The summed E-state index contributed by atoms with van der Waals surface area (Å²) in [5.74, 6) is -13.2. The smallest absolute Gasteiger partial charge is 0.245 e. The number of amides is 14. The van der Waals surface area contributed by atoms with E-state index >= 15 is 0 Å². The second-order valence-corrected chi connectivity index (χ2v) is 27.3. The fourth-order valence-corrected chi connectivity index (χ4v) is 11.8. The van der Waals surface area contributed by atoms with Crippen LogP contribution < -0.4 is 92.5 Å². The van der Waals surface area contributed by atoms with Gasteiger partial charge in [0, 0.05) is 59.9 Å². The Morgan fingerprint density at radius 1 is 0.436 bits per heavy atom. The molecule has 0 aliphatic carbocycles. The number of hydrogen-bond donors (Lipinski definition) is 22. The van der Waals surface area contributed by atoms with Gasteiger partial charge in [-0.3, -0.25) is 67.1 Å². The molecule has 110 heavy (non-hydrogen) atoms. The molecule has 5 aromatic rings. The van der Waals surface area contributed by atoms with E-state index in [1.165, 1.54) is 31.2 Å². The Morgan fingerprint density at radius 3 is 1.30 bits per heavy atom. The zero-order valence-electron chi connectivity index (χ0n) is 62.7. The van der Waals surface area contributed by atoms with Crippen molar-refractivity contribution in [2.24, 2.45) is 40.5 Å². The van der Waals surface area contributed by atoms with Gasteiger partial charge >= 0.3 is 0 Å². The van der Waals surface area contributed by atoms with E-state index in [1.807, 2.05) is 13.8 Å². The molecule has 0 aliphatic heterocycles. The number of nitrogens with two attached hydrogens (primary N) is 5. The molecule has 0 fully saturated rings. The van der Waals surface area contributed by atoms with E-state index in [9.17, 15) is 82.4 Å². The van der Waals surface area contributed by atoms with Gasteiger partial charge in [0.1, 0.15) is 66.2 Å². The van der Waals surface area contributed by atoms with Gasteiger partial charge in [0.05, 0.1) is 32.2 Å². The summed E-state index contributed by atoms with van der Waals surface area (Å²) in [7, 11) is 0. The molecule has 14 amide bonds. The first kappa shape index (κ1) is 89.5. The van der Waals surface area contributed by atoms with Crippen LogP contribution in [0.2, 0.25) is 0 Å². The normalized spacial score (nSPS) is 14.8. The number of aromatic nitrogens is 2. The van der Waals surface area contributed by atoms with Crippen molar-refractivity contribution in [1.29, 1.82) is 0 Å². The van der Waals surface area contributed by atoms with Crippen molar-refractivity contribution in [2.45, 2.75) is 191 Å². The number of aromatic hydroxyl groups is 1. The molecule has 2 heterocycles. The number of nitrogens with one attached hydrogen (secondary N) is 14. The number of aliphatic hydroxyl groups is 2. The van der Waals surface area contributed by atoms with E-state index in [1.54, 1.807) is 74.8 Å². The van der Waals surface area contributed by atoms with Crippen molar-refractivity contribution in [1.82, 2.24) is 73.8 Å². The van der Waals surface area contributed by atoms with Gasteiger partial charge in [-0.05, 0) is 124 Å². The van der Waals surface area contributed by atoms with Crippen LogP contribution in [-0.4, -0.2) is 214 Å². The molecule has 0 spiro atoms. The van der Waals surface area contributed by atoms with E-state index in [0.717, 1.165) is 6.42 Å². The van der Waals surface area contributed by atoms with Gasteiger partial charge in [0.25, 0.3) is 0 Å². The number of hydrogen-bond acceptors (Lipinski definition) is 20. The Balaban J connectivity index is 1.36. The number of aliphatic hydroxyl groups excluding tert-OH is 2. The maximum absolute atomic E-state index is 14.9. The monoisotopic (exact) mass is 1540 g/mol. The third kappa shape index (κ3) is 28.8. The van der Waals surface area contributed by atoms with Crippen LogP contribution in [0.25, 0.3) is 21.8 Å². The number of fused-ring (bicyclic) bond motifs is 2. The molecule has 36 heteroatoms. The molecule has 13 atom stereocenters. The first-order chi connectivity index (χ1) is 52.4. The van der Waals surface area contributed by atoms with Crippen LogP contribution in [0.4, 0.5) is 0 Å². The quantitative estimate of drug-likeness (QED) is 0.0178. The highest BCUT2D eigenvalue weighted by molar-refractivity contribution is 6.00. The molecule has 602 valence electrons. The minimum Gasteiger partial charge on any atom is -0.508 e. The average molecular weight is 1540 g/mol. The fourth-order valence-electron chi connectivity index (χ4n) is 11.8. The summed E-state index contributed by atoms with van der Waals surface area (Å²) >= 11 is 0. The van der Waals surface area contributed by atoms with Crippen molar-refractivity contribution in [2.75, 3.05) is 39.3 Å². The van der Waals surface area contributed by atoms with Gasteiger partial charge in [-0.1, -0.05) is 89.1 Å². The second kappa shape index (κ2) is 45.7. The second-order valence-electron chi connectivity index (χ2n) is 27.3. The summed E-state index contributed by atoms with van der Waals surface area (Å²) in [5.41, 5.74) is 31.3. The Kier molecular flexibility index (Phi) is 37.2. The van der Waals surface area contributed by atoms with E-state index in [2.05, 4.69) is 73.8 Å². The number of carbonyl (C=O) groups is 14. The topological polar surface area (TPSA) is 606 Å². The molecule has 0 saturated carbocycles. The van der Waals surface area contributed by atoms with Gasteiger partial charge in [-0.25, -0.2) is 0 Å². The summed E-state index contributed by atoms with van der Waals surface area (Å²) in [6.45, 7) is 6.23. The molecule has 3 aromatic carbocycles. The third-order valence-electron chi connectivity index (χ3n) is 18.7. The van der Waals surface area contributed by atoms with Crippen LogP contribution in [0.1, 0.15) is 122 Å². The summed E-state index contributed by atoms with van der Waals surface area (Å²) in [6.07, 6.45) is 2.03. The van der Waals surface area contributed by atoms with E-state index in [-0.39, 0.29) is 95.5 Å². The minimum atomic E-state index is -1.77. The number of benzene rings is 3. The zero-order valence-corrected chi connectivity index (χ0v) is 62.7. The molecule has 0 radical (unpaired) electrons. The fraction of sp³-hybridized carbons (Fsp3) is 0.514. The SMILES string of the molecule is CCC(C)CCC(=O)N[C@H](CC(N)=O)C(=O)N[C@H](Cc1ccc(O)cc1)C(=O)N[C@H](Cc1c[nH]c2ccccc12)C(=O)N[C@H](CCCN)C(=O)N[C@@H](CCCN)C(=O)NCC(=O)N[C@H](CCCN)C(=O)N[C@@H](Cc1c[nH]c2ccccc12)C(=O)N[C@H](C(=O)N[C@H](C(=O)NCC(=O)N[C@@H](CO)C(N)=O)[C@@H](C)CC)[C@@H](C)O. The van der Waals surface area contributed by atoms with Crippen molar-refractivity contribution in [3.8, 4) is 5.75 Å². The number of H-pyrrole nitrogens is 2. The van der Waals surface area contributed by atoms with Crippen molar-refractivity contribution in [3.63, 3.8) is 0 Å². The number of rotatable bonds is 49. The number of primary amides is 2. The molecule has 0 saturated heterocycles. The number of phenolic OH excluding ortho intramolecular Hbond substituents is 1. The van der Waals surface area contributed by atoms with Crippen LogP contribution in [0.5, 0.6) is 5.75 Å².